The Morgan fingerprint density at radius 1 is 1.15 bits per heavy atom. The van der Waals surface area contributed by atoms with Crippen molar-refractivity contribution in [2.24, 2.45) is 5.92 Å². The summed E-state index contributed by atoms with van der Waals surface area (Å²) in [7, 11) is 0. The van der Waals surface area contributed by atoms with Gasteiger partial charge in [0.25, 0.3) is 0 Å². The van der Waals surface area contributed by atoms with Crippen LogP contribution in [0.2, 0.25) is 0 Å². The van der Waals surface area contributed by atoms with Gasteiger partial charge in [-0.2, -0.15) is 0 Å². The van der Waals surface area contributed by atoms with Crippen molar-refractivity contribution in [2.75, 3.05) is 37.6 Å². The predicted molar refractivity (Wildman–Crippen MR) is 101 cm³/mol. The number of rotatable bonds is 2. The molecule has 4 heterocycles. The molecule has 4 rings (SSSR count). The van der Waals surface area contributed by atoms with Crippen molar-refractivity contribution >= 4 is 23.3 Å². The van der Waals surface area contributed by atoms with E-state index in [1.165, 1.54) is 0 Å². The number of likely N-dealkylation sites (tertiary alicyclic amines) is 1. The Bertz CT molecular complexity index is 862. The number of fused-ring (bicyclic) bond motifs is 1. The number of hydrogen-bond acceptors (Lipinski definition) is 5. The molecule has 1 atom stereocenters. The van der Waals surface area contributed by atoms with E-state index in [1.807, 2.05) is 48.9 Å². The molecule has 8 nitrogen and oxygen atoms in total. The van der Waals surface area contributed by atoms with E-state index >= 15 is 0 Å². The SMILES string of the molecule is CC(C)(C)N1CC(C(=O)N2CCN(c3ccc4nccn4n3)CC2)CC1=O. The normalized spacial score (nSPS) is 21.4. The van der Waals surface area contributed by atoms with Crippen molar-refractivity contribution in [2.45, 2.75) is 32.7 Å². The second kappa shape index (κ2) is 6.51. The van der Waals surface area contributed by atoms with Gasteiger partial charge in [0, 0.05) is 57.1 Å². The molecule has 2 saturated heterocycles. The van der Waals surface area contributed by atoms with Crippen LogP contribution in [0.1, 0.15) is 27.2 Å². The molecule has 0 spiro atoms. The van der Waals surface area contributed by atoms with Gasteiger partial charge in [0.2, 0.25) is 11.8 Å². The van der Waals surface area contributed by atoms with E-state index in [4.69, 9.17) is 0 Å². The van der Waals surface area contributed by atoms with Crippen LogP contribution in [0.25, 0.3) is 5.65 Å². The minimum absolute atomic E-state index is 0.0809. The van der Waals surface area contributed by atoms with Crippen LogP contribution in [0, 0.1) is 5.92 Å². The molecule has 0 aromatic carbocycles. The lowest BCUT2D eigenvalue weighted by atomic mass is 10.1. The third kappa shape index (κ3) is 3.36. The summed E-state index contributed by atoms with van der Waals surface area (Å²) in [5.41, 5.74) is 0.587. The van der Waals surface area contributed by atoms with Gasteiger partial charge in [0.15, 0.2) is 5.65 Å². The van der Waals surface area contributed by atoms with E-state index in [9.17, 15) is 9.59 Å². The van der Waals surface area contributed by atoms with Gasteiger partial charge in [-0.15, -0.1) is 5.10 Å². The fourth-order valence-electron chi connectivity index (χ4n) is 3.91. The molecule has 0 aliphatic carbocycles. The quantitative estimate of drug-likeness (QED) is 0.789. The van der Waals surface area contributed by atoms with E-state index in [0.29, 0.717) is 26.1 Å². The van der Waals surface area contributed by atoms with Crippen LogP contribution in [0.3, 0.4) is 0 Å². The highest BCUT2D eigenvalue weighted by Gasteiger charge is 2.41. The Labute approximate surface area is 158 Å². The first-order valence-corrected chi connectivity index (χ1v) is 9.47. The summed E-state index contributed by atoms with van der Waals surface area (Å²) in [6.45, 7) is 9.36. The van der Waals surface area contributed by atoms with Crippen molar-refractivity contribution in [1.82, 2.24) is 24.4 Å². The van der Waals surface area contributed by atoms with Crippen LogP contribution in [0.4, 0.5) is 5.82 Å². The maximum atomic E-state index is 12.9. The highest BCUT2D eigenvalue weighted by molar-refractivity contribution is 5.89. The second-order valence-corrected chi connectivity index (χ2v) is 8.31. The van der Waals surface area contributed by atoms with Crippen molar-refractivity contribution in [3.8, 4) is 0 Å². The molecular formula is C19H26N6O2. The third-order valence-corrected chi connectivity index (χ3v) is 5.44. The Morgan fingerprint density at radius 3 is 2.56 bits per heavy atom. The first-order chi connectivity index (χ1) is 12.8. The smallest absolute Gasteiger partial charge is 0.228 e. The number of nitrogens with zero attached hydrogens (tertiary/aromatic N) is 6. The molecule has 2 aliphatic rings. The van der Waals surface area contributed by atoms with Gasteiger partial charge >= 0.3 is 0 Å². The molecule has 0 N–H and O–H groups in total. The minimum Gasteiger partial charge on any atom is -0.352 e. The molecule has 0 bridgehead atoms. The molecule has 144 valence electrons. The minimum atomic E-state index is -0.234. The molecule has 27 heavy (non-hydrogen) atoms. The van der Waals surface area contributed by atoms with Crippen LogP contribution in [0.15, 0.2) is 24.5 Å². The summed E-state index contributed by atoms with van der Waals surface area (Å²) in [6, 6.07) is 3.92. The van der Waals surface area contributed by atoms with Gasteiger partial charge in [-0.1, -0.05) is 0 Å². The van der Waals surface area contributed by atoms with E-state index < -0.39 is 0 Å². The van der Waals surface area contributed by atoms with Crippen molar-refractivity contribution < 1.29 is 9.59 Å². The predicted octanol–water partition coefficient (Wildman–Crippen LogP) is 1.02. The Morgan fingerprint density at radius 2 is 1.89 bits per heavy atom. The van der Waals surface area contributed by atoms with Crippen molar-refractivity contribution in [3.05, 3.63) is 24.5 Å². The number of hydrogen-bond donors (Lipinski definition) is 0. The summed E-state index contributed by atoms with van der Waals surface area (Å²) in [5.74, 6) is 0.858. The molecule has 8 heteroatoms. The number of imidazole rings is 1. The lowest BCUT2D eigenvalue weighted by molar-refractivity contribution is -0.136. The van der Waals surface area contributed by atoms with Crippen LogP contribution in [0.5, 0.6) is 0 Å². The van der Waals surface area contributed by atoms with Gasteiger partial charge in [-0.3, -0.25) is 9.59 Å². The topological polar surface area (TPSA) is 74.1 Å². The summed E-state index contributed by atoms with van der Waals surface area (Å²) >= 11 is 0. The summed E-state index contributed by atoms with van der Waals surface area (Å²) in [4.78, 5) is 35.3. The Balaban J connectivity index is 1.37. The first kappa shape index (κ1) is 17.8. The molecular weight excluding hydrogens is 344 g/mol. The third-order valence-electron chi connectivity index (χ3n) is 5.44. The molecule has 0 radical (unpaired) electrons. The fourth-order valence-corrected chi connectivity index (χ4v) is 3.91. The van der Waals surface area contributed by atoms with E-state index in [0.717, 1.165) is 24.6 Å². The van der Waals surface area contributed by atoms with Crippen LogP contribution >= 0.6 is 0 Å². The maximum Gasteiger partial charge on any atom is 0.228 e. The lowest BCUT2D eigenvalue weighted by Gasteiger charge is -2.36. The number of anilines is 1. The van der Waals surface area contributed by atoms with E-state index in [-0.39, 0.29) is 23.3 Å². The van der Waals surface area contributed by atoms with Crippen LogP contribution in [-0.4, -0.2) is 74.5 Å². The van der Waals surface area contributed by atoms with Crippen LogP contribution < -0.4 is 4.90 Å². The highest BCUT2D eigenvalue weighted by atomic mass is 16.2. The number of aromatic nitrogens is 3. The van der Waals surface area contributed by atoms with Gasteiger partial charge < -0.3 is 14.7 Å². The molecule has 2 aromatic rings. The Hall–Kier alpha value is -2.64. The average molecular weight is 370 g/mol. The molecule has 0 saturated carbocycles. The summed E-state index contributed by atoms with van der Waals surface area (Å²) in [6.07, 6.45) is 3.89. The van der Waals surface area contributed by atoms with E-state index in [2.05, 4.69) is 15.0 Å². The standard InChI is InChI=1S/C19H26N6O2/c1-19(2,3)24-13-14(12-17(24)26)18(27)23-10-8-22(9-11-23)16-5-4-15-20-6-7-25(15)21-16/h4-7,14H,8-13H2,1-3H3. The monoisotopic (exact) mass is 370 g/mol. The molecule has 2 aromatic heterocycles. The number of carbonyl (C=O) groups excluding carboxylic acids is 2. The first-order valence-electron chi connectivity index (χ1n) is 9.47. The molecule has 2 amide bonds. The number of carbonyl (C=O) groups is 2. The van der Waals surface area contributed by atoms with Crippen LogP contribution in [-0.2, 0) is 9.59 Å². The fraction of sp³-hybridized carbons (Fsp3) is 0.579. The van der Waals surface area contributed by atoms with Gasteiger partial charge in [-0.05, 0) is 32.9 Å². The maximum absolute atomic E-state index is 12.9. The van der Waals surface area contributed by atoms with Crippen molar-refractivity contribution in [1.29, 1.82) is 0 Å². The van der Waals surface area contributed by atoms with E-state index in [1.54, 1.807) is 10.7 Å². The summed E-state index contributed by atoms with van der Waals surface area (Å²) in [5, 5.41) is 4.58. The highest BCUT2D eigenvalue weighted by Crippen LogP contribution is 2.27. The second-order valence-electron chi connectivity index (χ2n) is 8.31. The van der Waals surface area contributed by atoms with Gasteiger partial charge in [0.05, 0.1) is 5.92 Å². The molecule has 2 aliphatic heterocycles. The molecule has 2 fully saturated rings. The average Bonchev–Trinajstić information content (AvgIpc) is 3.26. The number of amides is 2. The lowest BCUT2D eigenvalue weighted by Crippen LogP contribution is -2.51. The largest absolute Gasteiger partial charge is 0.352 e. The van der Waals surface area contributed by atoms with Gasteiger partial charge in [0.1, 0.15) is 5.82 Å². The Kier molecular flexibility index (Phi) is 4.28. The van der Waals surface area contributed by atoms with Crippen molar-refractivity contribution in [3.63, 3.8) is 0 Å². The molecule has 1 unspecified atom stereocenters. The zero-order chi connectivity index (χ0) is 19.2. The zero-order valence-electron chi connectivity index (χ0n) is 16.1. The zero-order valence-corrected chi connectivity index (χ0v) is 16.1. The summed E-state index contributed by atoms with van der Waals surface area (Å²) < 4.78 is 1.76. The van der Waals surface area contributed by atoms with Gasteiger partial charge in [-0.25, -0.2) is 9.50 Å². The number of piperazine rings is 1.